The highest BCUT2D eigenvalue weighted by molar-refractivity contribution is 8.26. The summed E-state index contributed by atoms with van der Waals surface area (Å²) < 4.78 is 28.8. The number of thiocarbonyl (C=S) groups is 1. The number of hydrogen-bond acceptors (Lipinski definition) is 7. The van der Waals surface area contributed by atoms with Crippen LogP contribution in [-0.4, -0.2) is 65.0 Å². The minimum atomic E-state index is -3.10. The third-order valence-corrected chi connectivity index (χ3v) is 7.57. The van der Waals surface area contributed by atoms with Crippen LogP contribution in [0.5, 0.6) is 0 Å². The smallest absolute Gasteiger partial charge is 0.267 e. The molecule has 0 spiro atoms. The normalized spacial score (nSPS) is 25.1. The zero-order chi connectivity index (χ0) is 19.1. The first-order chi connectivity index (χ1) is 12.2. The SMILES string of the molecule is C[C@@H](C(=O)N(C)[C@@H]1CCS(=O)(=O)C1)N1C(=O)/C(=C/c2ccco2)SC1=S. The van der Waals surface area contributed by atoms with Crippen LogP contribution < -0.4 is 0 Å². The molecule has 0 N–H and O–H groups in total. The lowest BCUT2D eigenvalue weighted by molar-refractivity contribution is -0.139. The van der Waals surface area contributed by atoms with Crippen LogP contribution in [0.3, 0.4) is 0 Å². The van der Waals surface area contributed by atoms with Crippen LogP contribution in [0.2, 0.25) is 0 Å². The number of likely N-dealkylation sites (N-methyl/N-ethyl adjacent to an activating group) is 1. The molecule has 0 unspecified atom stereocenters. The van der Waals surface area contributed by atoms with Crippen LogP contribution >= 0.6 is 24.0 Å². The third-order valence-electron chi connectivity index (χ3n) is 4.49. The first-order valence-corrected chi connectivity index (χ1v) is 11.0. The van der Waals surface area contributed by atoms with Crippen molar-refractivity contribution in [1.82, 2.24) is 9.80 Å². The first-order valence-electron chi connectivity index (χ1n) is 7.97. The Bertz CT molecular complexity index is 876. The molecule has 0 radical (unpaired) electrons. The third kappa shape index (κ3) is 3.72. The fourth-order valence-electron chi connectivity index (χ4n) is 2.98. The number of rotatable bonds is 4. The summed E-state index contributed by atoms with van der Waals surface area (Å²) in [5.41, 5.74) is 0. The molecule has 0 aliphatic carbocycles. The van der Waals surface area contributed by atoms with Crippen molar-refractivity contribution >= 4 is 56.0 Å². The Labute approximate surface area is 161 Å². The van der Waals surface area contributed by atoms with Gasteiger partial charge in [-0.1, -0.05) is 24.0 Å². The molecule has 0 bridgehead atoms. The van der Waals surface area contributed by atoms with Gasteiger partial charge in [-0.2, -0.15) is 0 Å². The van der Waals surface area contributed by atoms with Crippen LogP contribution in [0, 0.1) is 0 Å². The van der Waals surface area contributed by atoms with Crippen molar-refractivity contribution in [2.75, 3.05) is 18.6 Å². The Morgan fingerprint density at radius 2 is 2.27 bits per heavy atom. The second-order valence-electron chi connectivity index (χ2n) is 6.25. The number of sulfone groups is 1. The number of amides is 2. The predicted octanol–water partition coefficient (Wildman–Crippen LogP) is 1.51. The van der Waals surface area contributed by atoms with Crippen LogP contribution in [0.15, 0.2) is 27.7 Å². The molecule has 1 aromatic rings. The maximum Gasteiger partial charge on any atom is 0.267 e. The summed E-state index contributed by atoms with van der Waals surface area (Å²) in [5, 5.41) is 0. The van der Waals surface area contributed by atoms with E-state index < -0.39 is 15.9 Å². The molecular formula is C16H18N2O5S3. The molecule has 0 aromatic carbocycles. The molecule has 2 aliphatic rings. The second-order valence-corrected chi connectivity index (χ2v) is 10.2. The largest absolute Gasteiger partial charge is 0.465 e. The van der Waals surface area contributed by atoms with Gasteiger partial charge >= 0.3 is 0 Å². The van der Waals surface area contributed by atoms with E-state index in [9.17, 15) is 18.0 Å². The molecule has 3 heterocycles. The lowest BCUT2D eigenvalue weighted by Gasteiger charge is -2.30. The van der Waals surface area contributed by atoms with Crippen molar-refractivity contribution in [2.24, 2.45) is 0 Å². The van der Waals surface area contributed by atoms with Gasteiger partial charge in [-0.3, -0.25) is 14.5 Å². The average Bonchev–Trinajstić information content (AvgIpc) is 3.27. The highest BCUT2D eigenvalue weighted by atomic mass is 32.2. The van der Waals surface area contributed by atoms with Crippen LogP contribution in [-0.2, 0) is 19.4 Å². The van der Waals surface area contributed by atoms with Crippen molar-refractivity contribution in [2.45, 2.75) is 25.4 Å². The van der Waals surface area contributed by atoms with Crippen molar-refractivity contribution in [1.29, 1.82) is 0 Å². The quantitative estimate of drug-likeness (QED) is 0.545. The Morgan fingerprint density at radius 3 is 2.85 bits per heavy atom. The van der Waals surface area contributed by atoms with Crippen molar-refractivity contribution in [3.05, 3.63) is 29.1 Å². The average molecular weight is 415 g/mol. The van der Waals surface area contributed by atoms with Crippen molar-refractivity contribution in [3.63, 3.8) is 0 Å². The Kier molecular flexibility index (Phi) is 5.27. The molecule has 3 rings (SSSR count). The van der Waals surface area contributed by atoms with E-state index >= 15 is 0 Å². The summed E-state index contributed by atoms with van der Waals surface area (Å²) in [5.74, 6) is -0.125. The van der Waals surface area contributed by atoms with Gasteiger partial charge < -0.3 is 9.32 Å². The van der Waals surface area contributed by atoms with Gasteiger partial charge in [0.05, 0.1) is 22.7 Å². The van der Waals surface area contributed by atoms with Crippen LogP contribution in [0.1, 0.15) is 19.1 Å². The topological polar surface area (TPSA) is 87.9 Å². The fraction of sp³-hybridized carbons (Fsp3) is 0.438. The van der Waals surface area contributed by atoms with E-state index in [1.807, 2.05) is 0 Å². The maximum atomic E-state index is 12.8. The summed E-state index contributed by atoms with van der Waals surface area (Å²) >= 11 is 6.39. The molecule has 2 fully saturated rings. The Morgan fingerprint density at radius 1 is 1.54 bits per heavy atom. The summed E-state index contributed by atoms with van der Waals surface area (Å²) in [6.07, 6.45) is 3.50. The Balaban J connectivity index is 1.74. The minimum absolute atomic E-state index is 0.0429. The van der Waals surface area contributed by atoms with Gasteiger partial charge in [-0.25, -0.2) is 8.42 Å². The first kappa shape index (κ1) is 19.1. The molecular weight excluding hydrogens is 396 g/mol. The number of furan rings is 1. The molecule has 10 heteroatoms. The summed E-state index contributed by atoms with van der Waals surface area (Å²) in [7, 11) is -1.53. The zero-order valence-corrected chi connectivity index (χ0v) is 16.7. The molecule has 0 saturated carbocycles. The molecule has 140 valence electrons. The molecule has 2 aliphatic heterocycles. The number of hydrogen-bond donors (Lipinski definition) is 0. The van der Waals surface area contributed by atoms with E-state index in [1.165, 1.54) is 16.1 Å². The highest BCUT2D eigenvalue weighted by Gasteiger charge is 2.41. The summed E-state index contributed by atoms with van der Waals surface area (Å²) in [6, 6.07) is 2.25. The molecule has 1 aromatic heterocycles. The van der Waals surface area contributed by atoms with Gasteiger partial charge in [-0.05, 0) is 25.5 Å². The Hall–Kier alpha value is -1.65. The van der Waals surface area contributed by atoms with E-state index in [-0.39, 0.29) is 29.4 Å². The van der Waals surface area contributed by atoms with E-state index in [1.54, 1.807) is 32.2 Å². The maximum absolute atomic E-state index is 12.8. The monoisotopic (exact) mass is 414 g/mol. The van der Waals surface area contributed by atoms with Gasteiger partial charge in [0.25, 0.3) is 5.91 Å². The highest BCUT2D eigenvalue weighted by Crippen LogP contribution is 2.34. The van der Waals surface area contributed by atoms with E-state index in [4.69, 9.17) is 16.6 Å². The van der Waals surface area contributed by atoms with E-state index in [0.717, 1.165) is 11.8 Å². The molecule has 2 amide bonds. The van der Waals surface area contributed by atoms with Crippen molar-refractivity contribution < 1.29 is 22.4 Å². The molecule has 2 saturated heterocycles. The van der Waals surface area contributed by atoms with E-state index in [2.05, 4.69) is 0 Å². The molecule has 7 nitrogen and oxygen atoms in total. The van der Waals surface area contributed by atoms with Crippen LogP contribution in [0.4, 0.5) is 0 Å². The van der Waals surface area contributed by atoms with Gasteiger partial charge in [0.2, 0.25) is 5.91 Å². The summed E-state index contributed by atoms with van der Waals surface area (Å²) in [6.45, 7) is 1.60. The fourth-order valence-corrected chi connectivity index (χ4v) is 6.16. The van der Waals surface area contributed by atoms with Gasteiger partial charge in [0.15, 0.2) is 9.84 Å². The van der Waals surface area contributed by atoms with Gasteiger partial charge in [-0.15, -0.1) is 0 Å². The lowest BCUT2D eigenvalue weighted by atomic mass is 10.2. The standard InChI is InChI=1S/C16H18N2O5S3/c1-10(14(19)17(2)11-5-7-26(21,22)9-11)18-15(20)13(25-16(18)24)8-12-4-3-6-23-12/h3-4,6,8,10-11H,5,7,9H2,1-2H3/b13-8-/t10-,11+/m0/s1. The number of carbonyl (C=O) groups excluding carboxylic acids is 2. The van der Waals surface area contributed by atoms with Crippen molar-refractivity contribution in [3.8, 4) is 0 Å². The lowest BCUT2D eigenvalue weighted by Crippen LogP contribution is -2.50. The molecule has 26 heavy (non-hydrogen) atoms. The molecule has 2 atom stereocenters. The predicted molar refractivity (Wildman–Crippen MR) is 103 cm³/mol. The number of nitrogens with zero attached hydrogens (tertiary/aromatic N) is 2. The van der Waals surface area contributed by atoms with E-state index in [0.29, 0.717) is 21.4 Å². The zero-order valence-electron chi connectivity index (χ0n) is 14.2. The second kappa shape index (κ2) is 7.16. The summed E-state index contributed by atoms with van der Waals surface area (Å²) in [4.78, 5) is 28.5. The van der Waals surface area contributed by atoms with Gasteiger partial charge in [0, 0.05) is 19.2 Å². The van der Waals surface area contributed by atoms with Crippen LogP contribution in [0.25, 0.3) is 6.08 Å². The number of carbonyl (C=O) groups is 2. The van der Waals surface area contributed by atoms with Gasteiger partial charge in [0.1, 0.15) is 16.1 Å². The number of thioether (sulfide) groups is 1. The minimum Gasteiger partial charge on any atom is -0.465 e.